The molecule has 0 radical (unpaired) electrons. The van der Waals surface area contributed by atoms with Gasteiger partial charge in [-0.2, -0.15) is 0 Å². The van der Waals surface area contributed by atoms with Crippen molar-refractivity contribution in [3.63, 3.8) is 0 Å². The van der Waals surface area contributed by atoms with Gasteiger partial charge in [0.15, 0.2) is 12.4 Å². The Balaban J connectivity index is 1.87. The fourth-order valence-electron chi connectivity index (χ4n) is 1.20. The van der Waals surface area contributed by atoms with E-state index in [1.54, 1.807) is 0 Å². The maximum atomic E-state index is 11.6. The van der Waals surface area contributed by atoms with Crippen LogP contribution in [0.1, 0.15) is 10.4 Å². The van der Waals surface area contributed by atoms with Crippen molar-refractivity contribution in [2.45, 2.75) is 0 Å². The lowest BCUT2D eigenvalue weighted by Gasteiger charge is -2.05. The van der Waals surface area contributed by atoms with Crippen LogP contribution in [0.3, 0.4) is 0 Å². The highest BCUT2D eigenvalue weighted by Gasteiger charge is 2.14. The van der Waals surface area contributed by atoms with E-state index in [4.69, 9.17) is 16.3 Å². The smallest absolute Gasteiger partial charge is 0.341 e. The summed E-state index contributed by atoms with van der Waals surface area (Å²) in [6.45, 7) is -0.461. The SMILES string of the molecule is O=C(COC(=O)c1cccnc1Cl)Nc1ccon1. The van der Waals surface area contributed by atoms with Gasteiger partial charge in [-0.05, 0) is 12.1 Å². The van der Waals surface area contributed by atoms with Gasteiger partial charge in [0.1, 0.15) is 11.4 Å². The minimum Gasteiger partial charge on any atom is -0.452 e. The van der Waals surface area contributed by atoms with Gasteiger partial charge >= 0.3 is 5.97 Å². The number of nitrogens with one attached hydrogen (secondary N) is 1. The van der Waals surface area contributed by atoms with E-state index in [1.165, 1.54) is 30.7 Å². The van der Waals surface area contributed by atoms with Crippen molar-refractivity contribution in [1.82, 2.24) is 10.1 Å². The Kier molecular flexibility index (Phi) is 4.09. The number of amides is 1. The summed E-state index contributed by atoms with van der Waals surface area (Å²) < 4.78 is 9.31. The Morgan fingerprint density at radius 2 is 2.26 bits per heavy atom. The van der Waals surface area contributed by atoms with Gasteiger partial charge < -0.3 is 14.6 Å². The van der Waals surface area contributed by atoms with Crippen molar-refractivity contribution in [1.29, 1.82) is 0 Å². The standard InChI is InChI=1S/C11H8ClN3O4/c12-10-7(2-1-4-13-10)11(17)18-6-9(16)14-8-3-5-19-15-8/h1-5H,6H2,(H,14,15,16). The molecule has 0 saturated carbocycles. The van der Waals surface area contributed by atoms with Gasteiger partial charge in [-0.25, -0.2) is 9.78 Å². The third-order valence-corrected chi connectivity index (χ3v) is 2.32. The lowest BCUT2D eigenvalue weighted by molar-refractivity contribution is -0.119. The molecule has 0 aromatic carbocycles. The summed E-state index contributed by atoms with van der Waals surface area (Å²) in [5.74, 6) is -1.03. The monoisotopic (exact) mass is 281 g/mol. The zero-order valence-electron chi connectivity index (χ0n) is 9.50. The van der Waals surface area contributed by atoms with Crippen LogP contribution in [0, 0.1) is 0 Å². The van der Waals surface area contributed by atoms with Crippen LogP contribution in [-0.4, -0.2) is 28.6 Å². The number of carbonyl (C=O) groups excluding carboxylic acids is 2. The summed E-state index contributed by atoms with van der Waals surface area (Å²) in [5.41, 5.74) is 0.0957. The Morgan fingerprint density at radius 3 is 2.95 bits per heavy atom. The van der Waals surface area contributed by atoms with Gasteiger partial charge in [-0.1, -0.05) is 16.8 Å². The highest BCUT2D eigenvalue weighted by Crippen LogP contribution is 2.12. The van der Waals surface area contributed by atoms with Crippen molar-refractivity contribution in [3.8, 4) is 0 Å². The molecule has 0 spiro atoms. The molecule has 1 N–H and O–H groups in total. The van der Waals surface area contributed by atoms with Crippen molar-refractivity contribution in [2.75, 3.05) is 11.9 Å². The molecular formula is C11H8ClN3O4. The molecule has 8 heteroatoms. The van der Waals surface area contributed by atoms with Gasteiger partial charge in [0.25, 0.3) is 5.91 Å². The predicted octanol–water partition coefficient (Wildman–Crippen LogP) is 1.52. The first-order valence-electron chi connectivity index (χ1n) is 5.14. The van der Waals surface area contributed by atoms with Gasteiger partial charge in [0.2, 0.25) is 0 Å². The van der Waals surface area contributed by atoms with Crippen molar-refractivity contribution in [3.05, 3.63) is 41.4 Å². The molecule has 2 rings (SSSR count). The molecule has 98 valence electrons. The summed E-state index contributed by atoms with van der Waals surface area (Å²) in [6, 6.07) is 4.45. The molecule has 19 heavy (non-hydrogen) atoms. The molecule has 0 aliphatic rings. The van der Waals surface area contributed by atoms with Gasteiger partial charge in [-0.3, -0.25) is 4.79 Å². The van der Waals surface area contributed by atoms with Crippen LogP contribution in [0.5, 0.6) is 0 Å². The van der Waals surface area contributed by atoms with Crippen LogP contribution in [0.2, 0.25) is 5.15 Å². The van der Waals surface area contributed by atoms with E-state index < -0.39 is 18.5 Å². The third kappa shape index (κ3) is 3.52. The molecule has 2 heterocycles. The van der Waals surface area contributed by atoms with E-state index in [-0.39, 0.29) is 16.5 Å². The third-order valence-electron chi connectivity index (χ3n) is 2.02. The minimum absolute atomic E-state index is 0.0180. The number of anilines is 1. The zero-order valence-corrected chi connectivity index (χ0v) is 10.3. The highest BCUT2D eigenvalue weighted by molar-refractivity contribution is 6.32. The number of nitrogens with zero attached hydrogens (tertiary/aromatic N) is 2. The number of aromatic nitrogens is 2. The summed E-state index contributed by atoms with van der Waals surface area (Å²) in [5, 5.41) is 5.87. The van der Waals surface area contributed by atoms with Crippen molar-refractivity contribution < 1.29 is 18.8 Å². The minimum atomic E-state index is -0.728. The number of hydrogen-bond donors (Lipinski definition) is 1. The molecule has 0 aliphatic carbocycles. The van der Waals surface area contributed by atoms with E-state index in [2.05, 4.69) is 20.0 Å². The molecular weight excluding hydrogens is 274 g/mol. The molecule has 0 saturated heterocycles. The number of esters is 1. The van der Waals surface area contributed by atoms with Crippen LogP contribution in [0.4, 0.5) is 5.82 Å². The maximum absolute atomic E-state index is 11.6. The largest absolute Gasteiger partial charge is 0.452 e. The van der Waals surface area contributed by atoms with E-state index in [1.807, 2.05) is 0 Å². The Labute approximate surface area is 112 Å². The highest BCUT2D eigenvalue weighted by atomic mass is 35.5. The Morgan fingerprint density at radius 1 is 1.42 bits per heavy atom. The average Bonchev–Trinajstić information content (AvgIpc) is 2.89. The summed E-state index contributed by atoms with van der Waals surface area (Å²) >= 11 is 5.71. The van der Waals surface area contributed by atoms with Gasteiger partial charge in [0.05, 0.1) is 5.56 Å². The molecule has 0 fully saturated rings. The number of carbonyl (C=O) groups is 2. The second-order valence-corrected chi connectivity index (χ2v) is 3.71. The molecule has 0 bridgehead atoms. The van der Waals surface area contributed by atoms with Crippen LogP contribution in [0.25, 0.3) is 0 Å². The number of hydrogen-bond acceptors (Lipinski definition) is 6. The van der Waals surface area contributed by atoms with Crippen LogP contribution < -0.4 is 5.32 Å². The lowest BCUT2D eigenvalue weighted by Crippen LogP contribution is -2.21. The van der Waals surface area contributed by atoms with Crippen molar-refractivity contribution >= 4 is 29.3 Å². The van der Waals surface area contributed by atoms with Crippen molar-refractivity contribution in [2.24, 2.45) is 0 Å². The van der Waals surface area contributed by atoms with E-state index in [9.17, 15) is 9.59 Å². The van der Waals surface area contributed by atoms with Gasteiger partial charge in [0, 0.05) is 12.3 Å². The first-order valence-corrected chi connectivity index (χ1v) is 5.52. The van der Waals surface area contributed by atoms with E-state index in [0.717, 1.165) is 0 Å². The first kappa shape index (κ1) is 13.0. The molecule has 7 nitrogen and oxygen atoms in total. The second kappa shape index (κ2) is 5.96. The van der Waals surface area contributed by atoms with Crippen LogP contribution in [-0.2, 0) is 9.53 Å². The summed E-state index contributed by atoms with van der Waals surface area (Å²) in [7, 11) is 0. The fourth-order valence-corrected chi connectivity index (χ4v) is 1.40. The number of rotatable bonds is 4. The van der Waals surface area contributed by atoms with Crippen LogP contribution >= 0.6 is 11.6 Å². The lowest BCUT2D eigenvalue weighted by atomic mass is 10.3. The molecule has 1 amide bonds. The second-order valence-electron chi connectivity index (χ2n) is 3.35. The molecule has 0 aliphatic heterocycles. The van der Waals surface area contributed by atoms with E-state index >= 15 is 0 Å². The Hall–Kier alpha value is -2.41. The molecule has 0 atom stereocenters. The van der Waals surface area contributed by atoms with Gasteiger partial charge in [-0.15, -0.1) is 0 Å². The number of ether oxygens (including phenoxy) is 1. The molecule has 2 aromatic heterocycles. The van der Waals surface area contributed by atoms with Crippen LogP contribution in [0.15, 0.2) is 35.2 Å². The number of halogens is 1. The predicted molar refractivity (Wildman–Crippen MR) is 64.7 cm³/mol. The van der Waals surface area contributed by atoms with E-state index in [0.29, 0.717) is 0 Å². The topological polar surface area (TPSA) is 94.3 Å². The normalized spacial score (nSPS) is 9.95. The quantitative estimate of drug-likeness (QED) is 0.674. The summed E-state index contributed by atoms with van der Waals surface area (Å²) in [4.78, 5) is 26.8. The first-order chi connectivity index (χ1) is 9.16. The molecule has 0 unspecified atom stereocenters. The summed E-state index contributed by atoms with van der Waals surface area (Å²) in [6.07, 6.45) is 2.74. The zero-order chi connectivity index (χ0) is 13.7. The maximum Gasteiger partial charge on any atom is 0.341 e. The number of pyridine rings is 1. The molecule has 2 aromatic rings. The Bertz CT molecular complexity index is 585. The fraction of sp³-hybridized carbons (Fsp3) is 0.0909. The average molecular weight is 282 g/mol.